The first-order valence-corrected chi connectivity index (χ1v) is 5.40. The molecule has 1 aliphatic rings. The number of aromatic nitrogens is 2. The first-order chi connectivity index (χ1) is 7.31. The third-order valence-electron chi connectivity index (χ3n) is 2.60. The van der Waals surface area contributed by atoms with E-state index in [9.17, 15) is 5.11 Å². The fourth-order valence-corrected chi connectivity index (χ4v) is 1.68. The monoisotopic (exact) mass is 212 g/mol. The van der Waals surface area contributed by atoms with Crippen LogP contribution in [0.15, 0.2) is 4.52 Å². The molecule has 2 atom stereocenters. The van der Waals surface area contributed by atoms with E-state index in [0.29, 0.717) is 24.7 Å². The van der Waals surface area contributed by atoms with E-state index in [-0.39, 0.29) is 5.92 Å². The summed E-state index contributed by atoms with van der Waals surface area (Å²) < 4.78 is 10.4. The fraction of sp³-hybridized carbons (Fsp3) is 0.800. The lowest BCUT2D eigenvalue weighted by Gasteiger charge is -2.01. The van der Waals surface area contributed by atoms with Crippen molar-refractivity contribution in [2.45, 2.75) is 38.2 Å². The standard InChI is InChI=1S/C10H16N2O3/c1-2-3-8(13)9-11-10(15-12-9)7-4-5-14-6-7/h7-8,13H,2-6H2,1H3. The number of aliphatic hydroxyl groups excluding tert-OH is 1. The van der Waals surface area contributed by atoms with Crippen LogP contribution in [0.25, 0.3) is 0 Å². The zero-order chi connectivity index (χ0) is 10.7. The predicted octanol–water partition coefficient (Wildman–Crippen LogP) is 1.41. The third-order valence-corrected chi connectivity index (χ3v) is 2.60. The Kier molecular flexibility index (Phi) is 3.33. The molecule has 0 aliphatic carbocycles. The maximum Gasteiger partial charge on any atom is 0.232 e. The number of hydrogen-bond acceptors (Lipinski definition) is 5. The Morgan fingerprint density at radius 3 is 3.13 bits per heavy atom. The summed E-state index contributed by atoms with van der Waals surface area (Å²) in [5.74, 6) is 1.21. The molecule has 0 spiro atoms. The summed E-state index contributed by atoms with van der Waals surface area (Å²) in [6.45, 7) is 3.40. The Bertz CT molecular complexity index is 307. The number of rotatable bonds is 4. The van der Waals surface area contributed by atoms with Crippen LogP contribution in [0, 0.1) is 0 Å². The van der Waals surface area contributed by atoms with Crippen molar-refractivity contribution >= 4 is 0 Å². The molecule has 0 saturated carbocycles. The summed E-state index contributed by atoms with van der Waals surface area (Å²) in [5.41, 5.74) is 0. The lowest BCUT2D eigenvalue weighted by molar-refractivity contribution is 0.152. The number of aliphatic hydroxyl groups is 1. The van der Waals surface area contributed by atoms with Crippen LogP contribution in [0.3, 0.4) is 0 Å². The lowest BCUT2D eigenvalue weighted by Crippen LogP contribution is -2.01. The SMILES string of the molecule is CCCC(O)c1noc(C2CCOC2)n1. The Morgan fingerprint density at radius 2 is 2.47 bits per heavy atom. The van der Waals surface area contributed by atoms with Crippen molar-refractivity contribution in [1.82, 2.24) is 10.1 Å². The molecule has 2 unspecified atom stereocenters. The van der Waals surface area contributed by atoms with Gasteiger partial charge in [0, 0.05) is 6.61 Å². The molecule has 1 fully saturated rings. The summed E-state index contributed by atoms with van der Waals surface area (Å²) in [7, 11) is 0. The highest BCUT2D eigenvalue weighted by Gasteiger charge is 2.25. The average Bonchev–Trinajstić information content (AvgIpc) is 2.89. The van der Waals surface area contributed by atoms with Crippen molar-refractivity contribution in [1.29, 1.82) is 0 Å². The molecule has 84 valence electrons. The second-order valence-electron chi connectivity index (χ2n) is 3.86. The van der Waals surface area contributed by atoms with Crippen molar-refractivity contribution in [2.24, 2.45) is 0 Å². The number of ether oxygens (including phenoxy) is 1. The molecule has 0 amide bonds. The van der Waals surface area contributed by atoms with Gasteiger partial charge in [0.15, 0.2) is 5.82 Å². The molecular formula is C10H16N2O3. The molecule has 2 rings (SSSR count). The van der Waals surface area contributed by atoms with Crippen molar-refractivity contribution in [3.63, 3.8) is 0 Å². The molecule has 5 heteroatoms. The van der Waals surface area contributed by atoms with Crippen molar-refractivity contribution < 1.29 is 14.4 Å². The predicted molar refractivity (Wildman–Crippen MR) is 52.3 cm³/mol. The van der Waals surface area contributed by atoms with Gasteiger partial charge in [-0.05, 0) is 12.8 Å². The first kappa shape index (κ1) is 10.6. The molecular weight excluding hydrogens is 196 g/mol. The topological polar surface area (TPSA) is 68.4 Å². The maximum absolute atomic E-state index is 9.66. The van der Waals surface area contributed by atoms with Gasteiger partial charge in [0.2, 0.25) is 5.89 Å². The Labute approximate surface area is 88.4 Å². The zero-order valence-electron chi connectivity index (χ0n) is 8.85. The normalized spacial score (nSPS) is 23.2. The fourth-order valence-electron chi connectivity index (χ4n) is 1.68. The van der Waals surface area contributed by atoms with Crippen LogP contribution < -0.4 is 0 Å². The molecule has 1 aliphatic heterocycles. The molecule has 15 heavy (non-hydrogen) atoms. The summed E-state index contributed by atoms with van der Waals surface area (Å²) in [6, 6.07) is 0. The van der Waals surface area contributed by atoms with Gasteiger partial charge in [-0.25, -0.2) is 0 Å². The molecule has 1 N–H and O–H groups in total. The van der Waals surface area contributed by atoms with Gasteiger partial charge >= 0.3 is 0 Å². The number of hydrogen-bond donors (Lipinski definition) is 1. The quantitative estimate of drug-likeness (QED) is 0.817. The molecule has 0 aromatic carbocycles. The lowest BCUT2D eigenvalue weighted by atomic mass is 10.1. The molecule has 5 nitrogen and oxygen atoms in total. The second-order valence-corrected chi connectivity index (χ2v) is 3.86. The van der Waals surface area contributed by atoms with Crippen molar-refractivity contribution in [3.8, 4) is 0 Å². The summed E-state index contributed by atoms with van der Waals surface area (Å²) >= 11 is 0. The molecule has 1 saturated heterocycles. The smallest absolute Gasteiger partial charge is 0.232 e. The van der Waals surface area contributed by atoms with E-state index < -0.39 is 6.10 Å². The number of nitrogens with zero attached hydrogens (tertiary/aromatic N) is 2. The van der Waals surface area contributed by atoms with E-state index >= 15 is 0 Å². The highest BCUT2D eigenvalue weighted by atomic mass is 16.5. The largest absolute Gasteiger partial charge is 0.385 e. The van der Waals surface area contributed by atoms with Gasteiger partial charge in [-0.2, -0.15) is 4.98 Å². The van der Waals surface area contributed by atoms with E-state index in [0.717, 1.165) is 19.4 Å². The van der Waals surface area contributed by atoms with E-state index in [1.807, 2.05) is 6.92 Å². The van der Waals surface area contributed by atoms with E-state index in [1.165, 1.54) is 0 Å². The minimum Gasteiger partial charge on any atom is -0.385 e. The zero-order valence-corrected chi connectivity index (χ0v) is 8.85. The third kappa shape index (κ3) is 2.35. The Morgan fingerprint density at radius 1 is 1.60 bits per heavy atom. The van der Waals surface area contributed by atoms with Crippen LogP contribution in [-0.2, 0) is 4.74 Å². The van der Waals surface area contributed by atoms with Crippen LogP contribution in [0.5, 0.6) is 0 Å². The van der Waals surface area contributed by atoms with Crippen molar-refractivity contribution in [2.75, 3.05) is 13.2 Å². The van der Waals surface area contributed by atoms with Crippen LogP contribution in [0.2, 0.25) is 0 Å². The Balaban J connectivity index is 2.02. The van der Waals surface area contributed by atoms with Gasteiger partial charge in [-0.1, -0.05) is 18.5 Å². The molecule has 1 aromatic heterocycles. The van der Waals surface area contributed by atoms with Gasteiger partial charge in [-0.15, -0.1) is 0 Å². The van der Waals surface area contributed by atoms with Crippen molar-refractivity contribution in [3.05, 3.63) is 11.7 Å². The van der Waals surface area contributed by atoms with Gasteiger partial charge in [0.05, 0.1) is 12.5 Å². The average molecular weight is 212 g/mol. The van der Waals surface area contributed by atoms with Gasteiger partial charge in [-0.3, -0.25) is 0 Å². The van der Waals surface area contributed by atoms with Crippen LogP contribution >= 0.6 is 0 Å². The second kappa shape index (κ2) is 4.72. The van der Waals surface area contributed by atoms with Gasteiger partial charge in [0.1, 0.15) is 6.10 Å². The highest BCUT2D eigenvalue weighted by Crippen LogP contribution is 2.25. The summed E-state index contributed by atoms with van der Waals surface area (Å²) in [4.78, 5) is 4.20. The van der Waals surface area contributed by atoms with Crippen LogP contribution in [0.1, 0.15) is 49.9 Å². The first-order valence-electron chi connectivity index (χ1n) is 5.40. The maximum atomic E-state index is 9.66. The van der Waals surface area contributed by atoms with E-state index in [4.69, 9.17) is 9.26 Å². The van der Waals surface area contributed by atoms with E-state index in [2.05, 4.69) is 10.1 Å². The van der Waals surface area contributed by atoms with Crippen LogP contribution in [-0.4, -0.2) is 28.5 Å². The summed E-state index contributed by atoms with van der Waals surface area (Å²) in [5, 5.41) is 13.4. The van der Waals surface area contributed by atoms with Gasteiger partial charge < -0.3 is 14.4 Å². The Hall–Kier alpha value is -0.940. The summed E-state index contributed by atoms with van der Waals surface area (Å²) in [6.07, 6.45) is 1.89. The van der Waals surface area contributed by atoms with Crippen LogP contribution in [0.4, 0.5) is 0 Å². The minimum absolute atomic E-state index is 0.208. The minimum atomic E-state index is -0.602. The highest BCUT2D eigenvalue weighted by molar-refractivity contribution is 4.97. The molecule has 0 bridgehead atoms. The molecule has 0 radical (unpaired) electrons. The molecule has 2 heterocycles. The van der Waals surface area contributed by atoms with E-state index in [1.54, 1.807) is 0 Å². The van der Waals surface area contributed by atoms with Gasteiger partial charge in [0.25, 0.3) is 0 Å². The molecule has 1 aromatic rings.